The van der Waals surface area contributed by atoms with E-state index in [4.69, 9.17) is 5.73 Å². The molecule has 3 nitrogen and oxygen atoms in total. The van der Waals surface area contributed by atoms with E-state index in [9.17, 15) is 4.79 Å². The monoisotopic (exact) mass is 246 g/mol. The Morgan fingerprint density at radius 1 is 1.28 bits per heavy atom. The molecule has 0 saturated heterocycles. The van der Waals surface area contributed by atoms with Crippen LogP contribution in [0, 0.1) is 0 Å². The lowest BCUT2D eigenvalue weighted by Gasteiger charge is -2.44. The molecule has 1 unspecified atom stereocenters. The van der Waals surface area contributed by atoms with E-state index in [2.05, 4.69) is 25.2 Å². The van der Waals surface area contributed by atoms with Crippen LogP contribution in [0.15, 0.2) is 24.3 Å². The van der Waals surface area contributed by atoms with Gasteiger partial charge in [0.05, 0.1) is 0 Å². The average molecular weight is 246 g/mol. The van der Waals surface area contributed by atoms with Gasteiger partial charge in [-0.25, -0.2) is 0 Å². The van der Waals surface area contributed by atoms with E-state index in [1.807, 2.05) is 25.1 Å². The molecule has 0 bridgehead atoms. The molecule has 3 heteroatoms. The first-order chi connectivity index (χ1) is 8.44. The topological polar surface area (TPSA) is 55.1 Å². The van der Waals surface area contributed by atoms with Crippen molar-refractivity contribution in [2.24, 2.45) is 5.73 Å². The summed E-state index contributed by atoms with van der Waals surface area (Å²) in [5.41, 5.74) is 7.38. The minimum absolute atomic E-state index is 0.102. The third-order valence-corrected chi connectivity index (χ3v) is 4.14. The van der Waals surface area contributed by atoms with Gasteiger partial charge >= 0.3 is 0 Å². The van der Waals surface area contributed by atoms with Gasteiger partial charge in [0.1, 0.15) is 5.54 Å². The number of nitrogens with two attached hydrogens (primary N) is 1. The van der Waals surface area contributed by atoms with Gasteiger partial charge in [-0.1, -0.05) is 45.0 Å². The molecule has 1 aromatic rings. The Balaban J connectivity index is 2.62. The maximum Gasteiger partial charge on any atom is 0.242 e. The SMILES string of the molecule is CCNC1(C(N)=O)CCC(C)(C)c2ccccc21. The van der Waals surface area contributed by atoms with Crippen molar-refractivity contribution in [2.75, 3.05) is 6.54 Å². The lowest BCUT2D eigenvalue weighted by Crippen LogP contribution is -2.56. The molecule has 1 aromatic carbocycles. The van der Waals surface area contributed by atoms with Crippen LogP contribution in [0.4, 0.5) is 0 Å². The molecule has 18 heavy (non-hydrogen) atoms. The first kappa shape index (κ1) is 13.1. The Kier molecular flexibility index (Phi) is 3.20. The van der Waals surface area contributed by atoms with Gasteiger partial charge in [-0.15, -0.1) is 0 Å². The normalized spacial score (nSPS) is 25.5. The molecule has 0 aromatic heterocycles. The lowest BCUT2D eigenvalue weighted by molar-refractivity contribution is -0.125. The molecule has 1 aliphatic rings. The molecule has 98 valence electrons. The second kappa shape index (κ2) is 4.39. The molecule has 1 atom stereocenters. The van der Waals surface area contributed by atoms with Crippen molar-refractivity contribution in [3.63, 3.8) is 0 Å². The molecule has 1 amide bonds. The fraction of sp³-hybridized carbons (Fsp3) is 0.533. The number of hydrogen-bond donors (Lipinski definition) is 2. The van der Waals surface area contributed by atoms with Crippen LogP contribution in [-0.4, -0.2) is 12.5 Å². The van der Waals surface area contributed by atoms with Crippen molar-refractivity contribution < 1.29 is 4.79 Å². The number of amides is 1. The summed E-state index contributed by atoms with van der Waals surface area (Å²) in [5.74, 6) is -0.271. The Morgan fingerprint density at radius 3 is 2.44 bits per heavy atom. The fourth-order valence-corrected chi connectivity index (χ4v) is 3.04. The third-order valence-electron chi connectivity index (χ3n) is 4.14. The highest BCUT2D eigenvalue weighted by atomic mass is 16.1. The zero-order chi connectivity index (χ0) is 13.4. The van der Waals surface area contributed by atoms with Crippen molar-refractivity contribution in [3.8, 4) is 0 Å². The summed E-state index contributed by atoms with van der Waals surface area (Å²) in [6, 6.07) is 8.16. The first-order valence-corrected chi connectivity index (χ1v) is 6.59. The van der Waals surface area contributed by atoms with Crippen molar-refractivity contribution in [3.05, 3.63) is 35.4 Å². The smallest absolute Gasteiger partial charge is 0.242 e. The summed E-state index contributed by atoms with van der Waals surface area (Å²) in [6.07, 6.45) is 1.72. The number of hydrogen-bond acceptors (Lipinski definition) is 2. The van der Waals surface area contributed by atoms with Gasteiger partial charge in [0.15, 0.2) is 0 Å². The molecular formula is C15H22N2O. The van der Waals surface area contributed by atoms with Crippen molar-refractivity contribution in [1.29, 1.82) is 0 Å². The predicted molar refractivity (Wildman–Crippen MR) is 73.3 cm³/mol. The lowest BCUT2D eigenvalue weighted by atomic mass is 9.65. The molecule has 0 spiro atoms. The highest BCUT2D eigenvalue weighted by Crippen LogP contribution is 2.44. The first-order valence-electron chi connectivity index (χ1n) is 6.59. The third kappa shape index (κ3) is 1.83. The van der Waals surface area contributed by atoms with Gasteiger partial charge in [0.25, 0.3) is 0 Å². The predicted octanol–water partition coefficient (Wildman–Crippen LogP) is 2.05. The van der Waals surface area contributed by atoms with E-state index in [-0.39, 0.29) is 11.3 Å². The number of primary amides is 1. The highest BCUT2D eigenvalue weighted by Gasteiger charge is 2.46. The Hall–Kier alpha value is -1.35. The molecule has 3 N–H and O–H groups in total. The Bertz CT molecular complexity index is 467. The minimum atomic E-state index is -0.694. The van der Waals surface area contributed by atoms with Crippen molar-refractivity contribution in [1.82, 2.24) is 5.32 Å². The fourth-order valence-electron chi connectivity index (χ4n) is 3.04. The molecule has 0 fully saturated rings. The van der Waals surface area contributed by atoms with Gasteiger partial charge in [-0.2, -0.15) is 0 Å². The summed E-state index contributed by atoms with van der Waals surface area (Å²) >= 11 is 0. The second-order valence-corrected chi connectivity index (χ2v) is 5.73. The molecule has 0 radical (unpaired) electrons. The number of likely N-dealkylation sites (N-methyl/N-ethyl adjacent to an activating group) is 1. The maximum absolute atomic E-state index is 12.0. The number of benzene rings is 1. The molecule has 0 aliphatic heterocycles. The molecule has 2 rings (SSSR count). The van der Waals surface area contributed by atoms with Crippen molar-refractivity contribution >= 4 is 5.91 Å². The summed E-state index contributed by atoms with van der Waals surface area (Å²) in [6.45, 7) is 7.19. The van der Waals surface area contributed by atoms with Crippen LogP contribution in [0.25, 0.3) is 0 Å². The van der Waals surface area contributed by atoms with E-state index in [0.717, 1.165) is 24.9 Å². The quantitative estimate of drug-likeness (QED) is 0.857. The highest BCUT2D eigenvalue weighted by molar-refractivity contribution is 5.87. The minimum Gasteiger partial charge on any atom is -0.368 e. The summed E-state index contributed by atoms with van der Waals surface area (Å²) < 4.78 is 0. The second-order valence-electron chi connectivity index (χ2n) is 5.73. The van der Waals surface area contributed by atoms with Gasteiger partial charge in [0, 0.05) is 0 Å². The zero-order valence-corrected chi connectivity index (χ0v) is 11.4. The van der Waals surface area contributed by atoms with Crippen LogP contribution < -0.4 is 11.1 Å². The van der Waals surface area contributed by atoms with Crippen LogP contribution in [0.2, 0.25) is 0 Å². The maximum atomic E-state index is 12.0. The number of carbonyl (C=O) groups is 1. The van der Waals surface area contributed by atoms with Crippen LogP contribution in [0.1, 0.15) is 44.7 Å². The number of carbonyl (C=O) groups excluding carboxylic acids is 1. The van der Waals surface area contributed by atoms with Gasteiger partial charge in [0.2, 0.25) is 5.91 Å². The molecular weight excluding hydrogens is 224 g/mol. The molecule has 1 aliphatic carbocycles. The summed E-state index contributed by atoms with van der Waals surface area (Å²) in [7, 11) is 0. The van der Waals surface area contributed by atoms with Crippen LogP contribution in [-0.2, 0) is 15.7 Å². The van der Waals surface area contributed by atoms with E-state index in [1.165, 1.54) is 5.56 Å². The van der Waals surface area contributed by atoms with Gasteiger partial charge in [-0.3, -0.25) is 10.1 Å². The summed E-state index contributed by atoms with van der Waals surface area (Å²) in [5, 5.41) is 3.32. The van der Waals surface area contributed by atoms with Crippen LogP contribution >= 0.6 is 0 Å². The Labute approximate surface area is 109 Å². The van der Waals surface area contributed by atoms with Gasteiger partial charge < -0.3 is 5.73 Å². The van der Waals surface area contributed by atoms with Crippen molar-refractivity contribution in [2.45, 2.75) is 44.6 Å². The van der Waals surface area contributed by atoms with Gasteiger partial charge in [-0.05, 0) is 35.9 Å². The zero-order valence-electron chi connectivity index (χ0n) is 11.4. The number of fused-ring (bicyclic) bond motifs is 1. The van der Waals surface area contributed by atoms with Crippen LogP contribution in [0.3, 0.4) is 0 Å². The van der Waals surface area contributed by atoms with Crippen LogP contribution in [0.5, 0.6) is 0 Å². The van der Waals surface area contributed by atoms with E-state index >= 15 is 0 Å². The average Bonchev–Trinajstić information content (AvgIpc) is 2.33. The molecule has 0 heterocycles. The van der Waals surface area contributed by atoms with E-state index in [0.29, 0.717) is 0 Å². The number of rotatable bonds is 3. The largest absolute Gasteiger partial charge is 0.368 e. The Morgan fingerprint density at radius 2 is 1.89 bits per heavy atom. The summed E-state index contributed by atoms with van der Waals surface area (Å²) in [4.78, 5) is 12.0. The molecule has 0 saturated carbocycles. The standard InChI is InChI=1S/C15H22N2O/c1-4-17-15(13(16)18)10-9-14(2,3)11-7-5-6-8-12(11)15/h5-8,17H,4,9-10H2,1-3H3,(H2,16,18). The van der Waals surface area contributed by atoms with E-state index in [1.54, 1.807) is 0 Å². The van der Waals surface area contributed by atoms with E-state index < -0.39 is 5.54 Å². The number of nitrogens with one attached hydrogen (secondary N) is 1.